The fourth-order valence-corrected chi connectivity index (χ4v) is 11.5. The number of fused-ring (bicyclic) bond motifs is 3. The molecule has 0 aliphatic rings. The molecule has 567 valence electrons. The summed E-state index contributed by atoms with van der Waals surface area (Å²) in [4.78, 5) is 44.0. The van der Waals surface area contributed by atoms with E-state index in [4.69, 9.17) is 33.6 Å². The van der Waals surface area contributed by atoms with Crippen LogP contribution < -0.4 is 0 Å². The number of pyridine rings is 3. The molecule has 0 fully saturated rings. The van der Waals surface area contributed by atoms with Gasteiger partial charge in [0.05, 0.1) is 35.9 Å². The predicted octanol–water partition coefficient (Wildman–Crippen LogP) is 24.7. The molecule has 12 nitrogen and oxygen atoms in total. The molecule has 0 atom stereocenters. The molecule has 15 rings (SSSR count). The maximum absolute atomic E-state index is 13.2. The molecule has 6 aromatic heterocycles. The van der Waals surface area contributed by atoms with E-state index in [-0.39, 0.29) is 106 Å². The van der Waals surface area contributed by atoms with E-state index in [1.54, 1.807) is 18.3 Å². The number of ketones is 3. The van der Waals surface area contributed by atoms with Crippen LogP contribution in [-0.4, -0.2) is 47.6 Å². The van der Waals surface area contributed by atoms with Gasteiger partial charge in [-0.2, -0.15) is 0 Å². The summed E-state index contributed by atoms with van der Waals surface area (Å²) in [5.41, 5.74) is 20.1. The average Bonchev–Trinajstić information content (AvgIpc) is 1.64. The average molecular weight is 2000 g/mol. The molecule has 111 heavy (non-hydrogen) atoms. The molecule has 16 heteroatoms. The van der Waals surface area contributed by atoms with Crippen LogP contribution in [0, 0.1) is 30.9 Å². The number of hydrogen-bond donors (Lipinski definition) is 3. The number of rotatable bonds is 12. The van der Waals surface area contributed by atoms with Crippen LogP contribution in [0.2, 0.25) is 0 Å². The van der Waals surface area contributed by atoms with E-state index in [0.717, 1.165) is 123 Å². The molecular formula is C95H81FIr3N3O9-3. The number of halogens is 1. The van der Waals surface area contributed by atoms with Gasteiger partial charge in [0.25, 0.3) is 0 Å². The van der Waals surface area contributed by atoms with Crippen LogP contribution in [-0.2, 0) is 80.1 Å². The Bertz CT molecular complexity index is 5600. The number of furan rings is 3. The summed E-state index contributed by atoms with van der Waals surface area (Å²) in [5, 5.41) is 28.1. The van der Waals surface area contributed by atoms with Gasteiger partial charge in [-0.3, -0.25) is 14.4 Å². The summed E-state index contributed by atoms with van der Waals surface area (Å²) in [6, 6.07) is 94.6. The minimum absolute atomic E-state index is 0. The second kappa shape index (κ2) is 41.4. The summed E-state index contributed by atoms with van der Waals surface area (Å²) >= 11 is 0. The normalized spacial score (nSPS) is 11.0. The number of carbonyl (C=O) groups is 3. The van der Waals surface area contributed by atoms with Gasteiger partial charge in [-0.1, -0.05) is 198 Å². The molecule has 15 aromatic rings. The molecular weight excluding hydrogens is 1920 g/mol. The zero-order valence-corrected chi connectivity index (χ0v) is 69.9. The van der Waals surface area contributed by atoms with E-state index in [2.05, 4.69) is 189 Å². The van der Waals surface area contributed by atoms with Crippen LogP contribution in [0.4, 0.5) is 4.39 Å². The Labute approximate surface area is 687 Å². The van der Waals surface area contributed by atoms with E-state index in [1.165, 1.54) is 83.0 Å². The molecule has 0 saturated carbocycles. The zero-order chi connectivity index (χ0) is 76.9. The van der Waals surface area contributed by atoms with Gasteiger partial charge in [0, 0.05) is 117 Å². The number of aromatic nitrogens is 3. The van der Waals surface area contributed by atoms with Crippen molar-refractivity contribution < 1.29 is 108 Å². The minimum atomic E-state index is -0.266. The molecule has 3 radical (unpaired) electrons. The Morgan fingerprint density at radius 3 is 1.16 bits per heavy atom. The van der Waals surface area contributed by atoms with Crippen LogP contribution >= 0.6 is 0 Å². The van der Waals surface area contributed by atoms with E-state index in [1.807, 2.05) is 109 Å². The predicted molar refractivity (Wildman–Crippen MR) is 432 cm³/mol. The maximum Gasteiger partial charge on any atom is 0.155 e. The van der Waals surface area contributed by atoms with Gasteiger partial charge in [0.2, 0.25) is 0 Å². The van der Waals surface area contributed by atoms with E-state index < -0.39 is 0 Å². The molecule has 0 saturated heterocycles. The molecule has 0 aliphatic heterocycles. The first-order valence-corrected chi connectivity index (χ1v) is 34.9. The summed E-state index contributed by atoms with van der Waals surface area (Å²) < 4.78 is 31.4. The van der Waals surface area contributed by atoms with Crippen LogP contribution in [0.3, 0.4) is 0 Å². The van der Waals surface area contributed by atoms with Gasteiger partial charge in [-0.15, -0.1) is 106 Å². The maximum atomic E-state index is 13.2. The molecule has 3 N–H and O–H groups in total. The van der Waals surface area contributed by atoms with Crippen LogP contribution in [0.15, 0.2) is 322 Å². The Morgan fingerprint density at radius 1 is 0.396 bits per heavy atom. The Hall–Kier alpha value is -11.4. The number of carbonyl (C=O) groups excluding carboxylic acids is 3. The van der Waals surface area contributed by atoms with Gasteiger partial charge >= 0.3 is 0 Å². The number of benzene rings is 9. The molecule has 0 aliphatic carbocycles. The Balaban J connectivity index is 0.000000203. The Morgan fingerprint density at radius 2 is 0.766 bits per heavy atom. The quantitative estimate of drug-likeness (QED) is 0.0597. The summed E-state index contributed by atoms with van der Waals surface area (Å²) in [6.07, 6.45) is 8.86. The summed E-state index contributed by atoms with van der Waals surface area (Å²) in [6.45, 7) is 17.3. The van der Waals surface area contributed by atoms with Gasteiger partial charge in [0.15, 0.2) is 34.1 Å². The van der Waals surface area contributed by atoms with Crippen molar-refractivity contribution in [3.05, 3.63) is 344 Å². The van der Waals surface area contributed by atoms with Crippen LogP contribution in [0.1, 0.15) is 73.4 Å². The second-order valence-corrected chi connectivity index (χ2v) is 26.5. The van der Waals surface area contributed by atoms with Crippen molar-refractivity contribution in [3.63, 3.8) is 0 Å². The number of aliphatic hydroxyl groups is 3. The van der Waals surface area contributed by atoms with Crippen LogP contribution in [0.5, 0.6) is 0 Å². The Kier molecular flexibility index (Phi) is 32.4. The van der Waals surface area contributed by atoms with Crippen molar-refractivity contribution in [2.75, 3.05) is 0 Å². The van der Waals surface area contributed by atoms with E-state index in [9.17, 15) is 18.8 Å². The fraction of sp³-hybridized carbons (Fsp3) is 0.116. The van der Waals surface area contributed by atoms with Gasteiger partial charge in [-0.25, -0.2) is 4.39 Å². The third kappa shape index (κ3) is 25.0. The van der Waals surface area contributed by atoms with E-state index in [0.29, 0.717) is 11.3 Å². The standard InChI is InChI=1S/C31H20NO.C25H15FNO.C24H22NO.3C5H8O2.3Ir/c1-4-11-22(12-5-1)25-17-10-18-26(19-25)28-20-27-29(21-32-28)33-31(24-15-8-3-9-16-24)30(27)23-13-6-2-7-14-23;26-22-11-9-18(10-12-22)24-15-21-14-23(27-16-25(21)28-24)20-8-4-7-19(13-20)17-5-2-1-3-6-17;1-16-10-18(12-20(11-16)24(2,3)4)21-13-19-14-22(26-23(19)15-25-21)17-8-6-5-7-9-17;3*1-4(6)3-5(2)7;;;/h1-17,19-21H;1-7,9-16H;5-9,11-15H,1-4H3;3*3,6H,1-2H3;;;/q3*-1;;;;;;. The van der Waals surface area contributed by atoms with Crippen molar-refractivity contribution >= 4 is 50.3 Å². The van der Waals surface area contributed by atoms with Crippen molar-refractivity contribution in [3.8, 4) is 101 Å². The van der Waals surface area contributed by atoms with Crippen molar-refractivity contribution in [2.24, 2.45) is 0 Å². The third-order valence-corrected chi connectivity index (χ3v) is 16.4. The van der Waals surface area contributed by atoms with Gasteiger partial charge in [-0.05, 0) is 117 Å². The summed E-state index contributed by atoms with van der Waals surface area (Å²) in [7, 11) is 0. The topological polar surface area (TPSA) is 190 Å². The number of hydrogen-bond acceptors (Lipinski definition) is 12. The zero-order valence-electron chi connectivity index (χ0n) is 62.7. The number of aliphatic hydroxyl groups excluding tert-OH is 3. The van der Waals surface area contributed by atoms with Gasteiger partial charge in [0.1, 0.15) is 23.1 Å². The van der Waals surface area contributed by atoms with Crippen LogP contribution in [0.25, 0.3) is 134 Å². The summed E-state index contributed by atoms with van der Waals surface area (Å²) in [5.74, 6) is 1.96. The second-order valence-electron chi connectivity index (χ2n) is 26.5. The van der Waals surface area contributed by atoms with Crippen molar-refractivity contribution in [2.45, 2.75) is 74.7 Å². The first-order valence-electron chi connectivity index (χ1n) is 34.9. The molecule has 0 bridgehead atoms. The number of nitrogens with zero attached hydrogens (tertiary/aromatic N) is 3. The number of aryl methyl sites for hydroxylation is 1. The first kappa shape index (κ1) is 86.8. The molecule has 0 amide bonds. The van der Waals surface area contributed by atoms with Crippen molar-refractivity contribution in [1.82, 2.24) is 15.0 Å². The van der Waals surface area contributed by atoms with Gasteiger partial charge < -0.3 is 43.5 Å². The van der Waals surface area contributed by atoms with Crippen molar-refractivity contribution in [1.29, 1.82) is 0 Å². The smallest absolute Gasteiger partial charge is 0.155 e. The molecule has 0 spiro atoms. The molecule has 6 heterocycles. The fourth-order valence-electron chi connectivity index (χ4n) is 11.5. The van der Waals surface area contributed by atoms with E-state index >= 15 is 0 Å². The number of allylic oxidation sites excluding steroid dienone is 6. The molecule has 9 aromatic carbocycles. The SMILES string of the molecule is CC(=O)C=C(C)O.CC(=O)C=C(C)O.CC(=O)C=C(C)O.Cc1[c-]c(-c2cc3cc(-c4ccccc4)oc3cn2)cc(C(C)(C)C)c1.Fc1ccc(-c2cc3cc(-c4[c-]ccc(-c5ccccc5)c4)ncc3o2)cc1.[Ir].[Ir].[Ir].[c-]1ccc(-c2ccccc2)cc1-c1cc2c(-c3ccccc3)c(-c3ccccc3)oc2cn1. The first-order chi connectivity index (χ1) is 51.9. The minimum Gasteiger partial charge on any atom is -0.512 e. The monoisotopic (exact) mass is 2010 g/mol. The third-order valence-electron chi connectivity index (χ3n) is 16.4. The molecule has 0 unspecified atom stereocenters. The largest absolute Gasteiger partial charge is 0.512 e.